The van der Waals surface area contributed by atoms with Crippen molar-refractivity contribution in [2.24, 2.45) is 4.99 Å². The van der Waals surface area contributed by atoms with E-state index in [2.05, 4.69) is 25.4 Å². The average molecular weight is 394 g/mol. The van der Waals surface area contributed by atoms with Crippen LogP contribution in [0.5, 0.6) is 0 Å². The summed E-state index contributed by atoms with van der Waals surface area (Å²) in [5.41, 5.74) is -0.101. The Labute approximate surface area is 162 Å². The van der Waals surface area contributed by atoms with Gasteiger partial charge in [-0.25, -0.2) is 4.99 Å². The summed E-state index contributed by atoms with van der Waals surface area (Å²) in [5, 5.41) is 11.3. The zero-order valence-electron chi connectivity index (χ0n) is 15.9. The first-order valence-electron chi connectivity index (χ1n) is 9.53. The van der Waals surface area contributed by atoms with Crippen molar-refractivity contribution in [1.82, 2.24) is 25.0 Å². The van der Waals surface area contributed by atoms with Crippen LogP contribution in [0, 0.1) is 0 Å². The van der Waals surface area contributed by atoms with Crippen LogP contribution in [-0.4, -0.2) is 45.3 Å². The van der Waals surface area contributed by atoms with E-state index in [4.69, 9.17) is 0 Å². The Morgan fingerprint density at radius 1 is 1.25 bits per heavy atom. The monoisotopic (exact) mass is 394 g/mol. The van der Waals surface area contributed by atoms with Crippen molar-refractivity contribution in [3.63, 3.8) is 0 Å². The fraction of sp³-hybridized carbons (Fsp3) is 0.526. The van der Waals surface area contributed by atoms with Gasteiger partial charge in [0.15, 0.2) is 5.96 Å². The fourth-order valence-corrected chi connectivity index (χ4v) is 3.24. The van der Waals surface area contributed by atoms with Crippen molar-refractivity contribution >= 4 is 5.96 Å². The Kier molecular flexibility index (Phi) is 6.53. The van der Waals surface area contributed by atoms with E-state index in [1.165, 1.54) is 6.07 Å². The van der Waals surface area contributed by atoms with Crippen molar-refractivity contribution in [2.45, 2.75) is 45.5 Å². The number of aliphatic imine (C=N–C) groups is 1. The number of aryl methyl sites for hydroxylation is 1. The third-order valence-electron chi connectivity index (χ3n) is 4.72. The van der Waals surface area contributed by atoms with Crippen LogP contribution in [0.2, 0.25) is 0 Å². The van der Waals surface area contributed by atoms with Crippen molar-refractivity contribution in [3.8, 4) is 0 Å². The van der Waals surface area contributed by atoms with Crippen molar-refractivity contribution < 1.29 is 13.2 Å². The summed E-state index contributed by atoms with van der Waals surface area (Å²) in [7, 11) is 0. The third-order valence-corrected chi connectivity index (χ3v) is 4.72. The van der Waals surface area contributed by atoms with Crippen LogP contribution in [0.4, 0.5) is 13.2 Å². The predicted molar refractivity (Wildman–Crippen MR) is 101 cm³/mol. The van der Waals surface area contributed by atoms with Crippen molar-refractivity contribution in [3.05, 3.63) is 47.5 Å². The summed E-state index contributed by atoms with van der Waals surface area (Å²) < 4.78 is 40.7. The average Bonchev–Trinajstić information content (AvgIpc) is 3.35. The summed E-state index contributed by atoms with van der Waals surface area (Å²) in [6, 6.07) is 5.34. The molecule has 0 saturated carbocycles. The van der Waals surface area contributed by atoms with Crippen LogP contribution in [0.15, 0.2) is 35.6 Å². The number of nitrogens with one attached hydrogen (secondary N) is 1. The van der Waals surface area contributed by atoms with Gasteiger partial charge in [0.05, 0.1) is 12.1 Å². The lowest BCUT2D eigenvalue weighted by molar-refractivity contribution is -0.137. The second-order valence-corrected chi connectivity index (χ2v) is 6.75. The molecule has 6 nitrogen and oxygen atoms in total. The van der Waals surface area contributed by atoms with E-state index >= 15 is 0 Å². The normalized spacial score (nSPS) is 15.3. The zero-order chi connectivity index (χ0) is 20.0. The van der Waals surface area contributed by atoms with Gasteiger partial charge in [0.2, 0.25) is 0 Å². The molecule has 1 N–H and O–H groups in total. The second kappa shape index (κ2) is 9.07. The molecule has 0 aliphatic carbocycles. The molecule has 0 unspecified atom stereocenters. The summed E-state index contributed by atoms with van der Waals surface area (Å²) >= 11 is 0. The minimum atomic E-state index is -4.34. The van der Waals surface area contributed by atoms with E-state index in [0.29, 0.717) is 18.7 Å². The van der Waals surface area contributed by atoms with Crippen LogP contribution in [0.3, 0.4) is 0 Å². The number of alkyl halides is 3. The molecule has 0 amide bonds. The van der Waals surface area contributed by atoms with Crippen LogP contribution in [0.25, 0.3) is 0 Å². The molecule has 1 aromatic carbocycles. The van der Waals surface area contributed by atoms with E-state index < -0.39 is 11.7 Å². The van der Waals surface area contributed by atoms with E-state index in [9.17, 15) is 13.2 Å². The van der Waals surface area contributed by atoms with Gasteiger partial charge < -0.3 is 14.8 Å². The Morgan fingerprint density at radius 3 is 2.75 bits per heavy atom. The molecule has 0 bridgehead atoms. The van der Waals surface area contributed by atoms with Crippen LogP contribution >= 0.6 is 0 Å². The highest BCUT2D eigenvalue weighted by Gasteiger charge is 2.30. The molecule has 28 heavy (non-hydrogen) atoms. The lowest BCUT2D eigenvalue weighted by Crippen LogP contribution is -2.41. The van der Waals surface area contributed by atoms with Gasteiger partial charge in [0.25, 0.3) is 0 Å². The van der Waals surface area contributed by atoms with E-state index in [0.717, 1.165) is 56.3 Å². The molecule has 9 heteroatoms. The van der Waals surface area contributed by atoms with Gasteiger partial charge in [-0.15, -0.1) is 10.2 Å². The minimum absolute atomic E-state index is 0.204. The Balaban J connectivity index is 1.66. The van der Waals surface area contributed by atoms with Crippen molar-refractivity contribution in [1.29, 1.82) is 0 Å². The number of benzene rings is 1. The summed E-state index contributed by atoms with van der Waals surface area (Å²) in [6.45, 7) is 5.38. The molecule has 0 spiro atoms. The van der Waals surface area contributed by atoms with Gasteiger partial charge in [0.1, 0.15) is 12.2 Å². The van der Waals surface area contributed by atoms with Gasteiger partial charge >= 0.3 is 6.18 Å². The number of guanidine groups is 1. The Bertz CT molecular complexity index is 793. The van der Waals surface area contributed by atoms with Crippen LogP contribution in [0.1, 0.15) is 36.7 Å². The molecule has 0 radical (unpaired) electrons. The third kappa shape index (κ3) is 5.24. The first kappa shape index (κ1) is 20.2. The highest BCUT2D eigenvalue weighted by Crippen LogP contribution is 2.29. The maximum absolute atomic E-state index is 12.9. The maximum atomic E-state index is 12.9. The highest BCUT2D eigenvalue weighted by atomic mass is 19.4. The molecule has 2 heterocycles. The van der Waals surface area contributed by atoms with Gasteiger partial charge in [-0.3, -0.25) is 0 Å². The number of rotatable bonds is 6. The Morgan fingerprint density at radius 2 is 2.04 bits per heavy atom. The molecule has 152 valence electrons. The minimum Gasteiger partial charge on any atom is -0.354 e. The van der Waals surface area contributed by atoms with E-state index in [1.54, 1.807) is 12.4 Å². The van der Waals surface area contributed by atoms with Crippen molar-refractivity contribution in [2.75, 3.05) is 19.6 Å². The van der Waals surface area contributed by atoms with Gasteiger partial charge in [-0.1, -0.05) is 19.1 Å². The molecular formula is C19H25F3N6. The first-order valence-corrected chi connectivity index (χ1v) is 9.53. The molecule has 1 aromatic heterocycles. The Hall–Kier alpha value is -2.58. The predicted octanol–water partition coefficient (Wildman–Crippen LogP) is 3.10. The van der Waals surface area contributed by atoms with E-state index in [1.807, 2.05) is 11.5 Å². The first-order chi connectivity index (χ1) is 13.5. The fourth-order valence-electron chi connectivity index (χ4n) is 3.24. The lowest BCUT2D eigenvalue weighted by atomic mass is 10.1. The number of halogens is 3. The molecule has 1 fully saturated rings. The molecule has 1 aliphatic heterocycles. The topological polar surface area (TPSA) is 58.3 Å². The quantitative estimate of drug-likeness (QED) is 0.604. The van der Waals surface area contributed by atoms with Crippen LogP contribution in [-0.2, 0) is 25.7 Å². The molecule has 1 saturated heterocycles. The number of likely N-dealkylation sites (tertiary alicyclic amines) is 1. The second-order valence-electron chi connectivity index (χ2n) is 6.75. The molecule has 2 aromatic rings. The summed E-state index contributed by atoms with van der Waals surface area (Å²) in [4.78, 5) is 6.74. The number of hydrogen-bond donors (Lipinski definition) is 1. The SMILES string of the molecule is CCc1nncn1CCNC(=NCc1cccc(C(F)(F)F)c1)N1CCCC1. The number of hydrogen-bond acceptors (Lipinski definition) is 3. The lowest BCUT2D eigenvalue weighted by Gasteiger charge is -2.21. The molecular weight excluding hydrogens is 369 g/mol. The molecule has 3 rings (SSSR count). The summed E-state index contributed by atoms with van der Waals surface area (Å²) in [5.74, 6) is 1.66. The van der Waals surface area contributed by atoms with Crippen LogP contribution < -0.4 is 5.32 Å². The van der Waals surface area contributed by atoms with Gasteiger partial charge in [-0.05, 0) is 30.5 Å². The van der Waals surface area contributed by atoms with E-state index in [-0.39, 0.29) is 6.54 Å². The zero-order valence-corrected chi connectivity index (χ0v) is 15.9. The standard InChI is InChI=1S/C19H25F3N6/c1-2-17-26-25-14-28(17)11-8-23-18(27-9-3-4-10-27)24-13-15-6-5-7-16(12-15)19(20,21)22/h5-7,12,14H,2-4,8-11,13H2,1H3,(H,23,24). The molecule has 0 atom stereocenters. The number of nitrogens with zero attached hydrogens (tertiary/aromatic N) is 5. The largest absolute Gasteiger partial charge is 0.416 e. The summed E-state index contributed by atoms with van der Waals surface area (Å²) in [6.07, 6.45) is 0.357. The highest BCUT2D eigenvalue weighted by molar-refractivity contribution is 5.80. The van der Waals surface area contributed by atoms with Gasteiger partial charge in [-0.2, -0.15) is 13.2 Å². The number of aromatic nitrogens is 3. The molecule has 1 aliphatic rings. The van der Waals surface area contributed by atoms with Gasteiger partial charge in [0, 0.05) is 32.6 Å². The smallest absolute Gasteiger partial charge is 0.354 e. The maximum Gasteiger partial charge on any atom is 0.416 e.